The molecule has 6 rings (SSSR count). The number of ether oxygens (including phenoxy) is 1. The standard InChI is InChI=1S/C32H37N5O/c1-32(20-11-2-3-12-21-32)37-31(33-34-35-37)30(36-22-19-26-15-7-8-16-27(26)23-36)28-17-9-10-18-29(28)38-24-25-13-5-4-6-14-25/h4-10,13-18,30H,2-3,11-12,19-24H2,1H3. The van der Waals surface area contributed by atoms with Crippen molar-refractivity contribution < 1.29 is 4.74 Å². The van der Waals surface area contributed by atoms with Crippen molar-refractivity contribution in [2.24, 2.45) is 0 Å². The first kappa shape index (κ1) is 24.8. The van der Waals surface area contributed by atoms with Gasteiger partial charge in [-0.05, 0) is 59.4 Å². The van der Waals surface area contributed by atoms with Crippen LogP contribution in [0.5, 0.6) is 5.75 Å². The van der Waals surface area contributed by atoms with Gasteiger partial charge in [0, 0.05) is 18.7 Å². The second-order valence-electron chi connectivity index (χ2n) is 11.1. The Morgan fingerprint density at radius 3 is 2.37 bits per heavy atom. The van der Waals surface area contributed by atoms with E-state index in [0.717, 1.165) is 55.1 Å². The van der Waals surface area contributed by atoms with Crippen LogP contribution in [0.2, 0.25) is 0 Å². The van der Waals surface area contributed by atoms with Crippen LogP contribution in [0, 0.1) is 0 Å². The molecule has 1 atom stereocenters. The zero-order valence-electron chi connectivity index (χ0n) is 22.3. The molecule has 1 aliphatic heterocycles. The van der Waals surface area contributed by atoms with Crippen molar-refractivity contribution in [3.05, 3.63) is 107 Å². The lowest BCUT2D eigenvalue weighted by Gasteiger charge is -2.38. The maximum absolute atomic E-state index is 6.49. The number of rotatable bonds is 7. The molecule has 0 amide bonds. The molecule has 1 saturated carbocycles. The van der Waals surface area contributed by atoms with Crippen molar-refractivity contribution >= 4 is 0 Å². The van der Waals surface area contributed by atoms with Crippen molar-refractivity contribution in [3.63, 3.8) is 0 Å². The number of tetrazole rings is 1. The number of hydrogen-bond acceptors (Lipinski definition) is 5. The third-order valence-corrected chi connectivity index (χ3v) is 8.41. The summed E-state index contributed by atoms with van der Waals surface area (Å²) in [5.41, 5.74) is 5.01. The summed E-state index contributed by atoms with van der Waals surface area (Å²) in [5.74, 6) is 1.81. The maximum Gasteiger partial charge on any atom is 0.173 e. The predicted octanol–water partition coefficient (Wildman–Crippen LogP) is 6.47. The molecule has 196 valence electrons. The van der Waals surface area contributed by atoms with Crippen molar-refractivity contribution in [2.45, 2.75) is 76.6 Å². The molecule has 1 unspecified atom stereocenters. The van der Waals surface area contributed by atoms with Crippen LogP contribution >= 0.6 is 0 Å². The van der Waals surface area contributed by atoms with Crippen LogP contribution < -0.4 is 4.74 Å². The molecule has 6 nitrogen and oxygen atoms in total. The molecular weight excluding hydrogens is 470 g/mol. The van der Waals surface area contributed by atoms with Gasteiger partial charge in [0.2, 0.25) is 0 Å². The highest BCUT2D eigenvalue weighted by Crippen LogP contribution is 2.40. The molecule has 0 spiro atoms. The molecular formula is C32H37N5O. The number of benzene rings is 3. The van der Waals surface area contributed by atoms with Gasteiger partial charge in [-0.2, -0.15) is 0 Å². The van der Waals surface area contributed by atoms with Gasteiger partial charge in [0.05, 0.1) is 5.54 Å². The van der Waals surface area contributed by atoms with Gasteiger partial charge in [-0.1, -0.05) is 98.5 Å². The molecule has 4 aromatic rings. The molecule has 0 N–H and O–H groups in total. The Morgan fingerprint density at radius 1 is 0.842 bits per heavy atom. The van der Waals surface area contributed by atoms with Crippen molar-refractivity contribution in [1.29, 1.82) is 0 Å². The topological polar surface area (TPSA) is 56.1 Å². The molecule has 38 heavy (non-hydrogen) atoms. The van der Waals surface area contributed by atoms with E-state index in [-0.39, 0.29) is 11.6 Å². The van der Waals surface area contributed by atoms with E-state index in [1.807, 2.05) is 6.07 Å². The average molecular weight is 508 g/mol. The van der Waals surface area contributed by atoms with Crippen molar-refractivity contribution in [1.82, 2.24) is 25.1 Å². The summed E-state index contributed by atoms with van der Waals surface area (Å²) in [6.07, 6.45) is 8.23. The molecule has 0 saturated heterocycles. The maximum atomic E-state index is 6.49. The van der Waals surface area contributed by atoms with Gasteiger partial charge >= 0.3 is 0 Å². The van der Waals surface area contributed by atoms with E-state index in [0.29, 0.717) is 6.61 Å². The van der Waals surface area contributed by atoms with E-state index in [9.17, 15) is 0 Å². The number of aromatic nitrogens is 4. The van der Waals surface area contributed by atoms with Crippen LogP contribution in [0.1, 0.15) is 79.6 Å². The quantitative estimate of drug-likeness (QED) is 0.268. The minimum absolute atomic E-state index is 0.0822. The van der Waals surface area contributed by atoms with Gasteiger partial charge < -0.3 is 4.74 Å². The van der Waals surface area contributed by atoms with Crippen LogP contribution in [0.4, 0.5) is 0 Å². The van der Waals surface area contributed by atoms with Crippen LogP contribution in [0.25, 0.3) is 0 Å². The first-order valence-corrected chi connectivity index (χ1v) is 14.1. The molecule has 3 aromatic carbocycles. The summed E-state index contributed by atoms with van der Waals surface area (Å²) in [6.45, 7) is 4.67. The largest absolute Gasteiger partial charge is 0.489 e. The van der Waals surface area contributed by atoms with Crippen LogP contribution in [-0.4, -0.2) is 31.7 Å². The lowest BCUT2D eigenvalue weighted by atomic mass is 9.91. The van der Waals surface area contributed by atoms with Crippen LogP contribution in [-0.2, 0) is 25.1 Å². The van der Waals surface area contributed by atoms with Crippen LogP contribution in [0.3, 0.4) is 0 Å². The van der Waals surface area contributed by atoms with E-state index < -0.39 is 0 Å². The Bertz CT molecular complexity index is 1340. The summed E-state index contributed by atoms with van der Waals surface area (Å²) in [4.78, 5) is 2.54. The van der Waals surface area contributed by atoms with Gasteiger partial charge in [-0.3, -0.25) is 4.90 Å². The Hall–Kier alpha value is -3.51. The third kappa shape index (κ3) is 5.10. The minimum atomic E-state index is -0.106. The lowest BCUT2D eigenvalue weighted by Crippen LogP contribution is -2.39. The Balaban J connectivity index is 1.41. The van der Waals surface area contributed by atoms with Gasteiger partial charge in [-0.25, -0.2) is 4.68 Å². The Kier molecular flexibility index (Phi) is 7.23. The van der Waals surface area contributed by atoms with E-state index in [2.05, 4.69) is 99.7 Å². The number of nitrogens with zero attached hydrogens (tertiary/aromatic N) is 5. The summed E-state index contributed by atoms with van der Waals surface area (Å²) < 4.78 is 8.65. The fourth-order valence-corrected chi connectivity index (χ4v) is 6.26. The summed E-state index contributed by atoms with van der Waals surface area (Å²) in [7, 11) is 0. The molecule has 1 fully saturated rings. The van der Waals surface area contributed by atoms with Crippen molar-refractivity contribution in [3.8, 4) is 5.75 Å². The normalized spacial score (nSPS) is 18.3. The van der Waals surface area contributed by atoms with Gasteiger partial charge in [0.1, 0.15) is 18.4 Å². The molecule has 6 heteroatoms. The number of hydrogen-bond donors (Lipinski definition) is 0. The third-order valence-electron chi connectivity index (χ3n) is 8.41. The highest BCUT2D eigenvalue weighted by molar-refractivity contribution is 5.40. The lowest BCUT2D eigenvalue weighted by molar-refractivity contribution is 0.168. The Morgan fingerprint density at radius 2 is 1.55 bits per heavy atom. The highest BCUT2D eigenvalue weighted by atomic mass is 16.5. The second kappa shape index (κ2) is 11.1. The van der Waals surface area contributed by atoms with Gasteiger partial charge in [0.25, 0.3) is 0 Å². The fraction of sp³-hybridized carbons (Fsp3) is 0.406. The van der Waals surface area contributed by atoms with E-state index in [4.69, 9.17) is 9.84 Å². The fourth-order valence-electron chi connectivity index (χ4n) is 6.26. The second-order valence-corrected chi connectivity index (χ2v) is 11.1. The number of fused-ring (bicyclic) bond motifs is 1. The molecule has 2 aliphatic rings. The Labute approximate surface area is 225 Å². The zero-order chi connectivity index (χ0) is 25.8. The minimum Gasteiger partial charge on any atom is -0.489 e. The summed E-state index contributed by atoms with van der Waals surface area (Å²) in [5, 5.41) is 13.7. The molecule has 1 aliphatic carbocycles. The number of para-hydroxylation sites is 1. The van der Waals surface area contributed by atoms with E-state index in [1.54, 1.807) is 0 Å². The van der Waals surface area contributed by atoms with Gasteiger partial charge in [-0.15, -0.1) is 5.10 Å². The van der Waals surface area contributed by atoms with E-state index in [1.165, 1.54) is 36.8 Å². The van der Waals surface area contributed by atoms with E-state index >= 15 is 0 Å². The zero-order valence-corrected chi connectivity index (χ0v) is 22.3. The first-order chi connectivity index (χ1) is 18.7. The predicted molar refractivity (Wildman–Crippen MR) is 149 cm³/mol. The van der Waals surface area contributed by atoms with Gasteiger partial charge in [0.15, 0.2) is 5.82 Å². The summed E-state index contributed by atoms with van der Waals surface area (Å²) >= 11 is 0. The molecule has 2 heterocycles. The van der Waals surface area contributed by atoms with Crippen molar-refractivity contribution in [2.75, 3.05) is 6.54 Å². The highest BCUT2D eigenvalue weighted by Gasteiger charge is 2.38. The average Bonchev–Trinajstić information content (AvgIpc) is 3.35. The smallest absolute Gasteiger partial charge is 0.173 e. The van der Waals surface area contributed by atoms with Crippen LogP contribution in [0.15, 0.2) is 78.9 Å². The SMILES string of the molecule is CC1(n2nnnc2C(c2ccccc2OCc2ccccc2)N2CCc3ccccc3C2)CCCCCC1. The monoisotopic (exact) mass is 507 g/mol. The summed E-state index contributed by atoms with van der Waals surface area (Å²) in [6, 6.07) is 27.5. The first-order valence-electron chi connectivity index (χ1n) is 14.1. The molecule has 0 bridgehead atoms. The molecule has 1 aromatic heterocycles. The molecule has 0 radical (unpaired) electrons.